The summed E-state index contributed by atoms with van der Waals surface area (Å²) in [6.45, 7) is -0.157. The summed E-state index contributed by atoms with van der Waals surface area (Å²) < 4.78 is 28.8. The highest BCUT2D eigenvalue weighted by atomic mass is 19.1. The summed E-state index contributed by atoms with van der Waals surface area (Å²) in [7, 11) is 0. The molecule has 34 heavy (non-hydrogen) atoms. The molecule has 3 heterocycles. The van der Waals surface area contributed by atoms with Crippen molar-refractivity contribution >= 4 is 17.5 Å². The molecule has 1 aliphatic carbocycles. The van der Waals surface area contributed by atoms with Gasteiger partial charge >= 0.3 is 0 Å². The van der Waals surface area contributed by atoms with Crippen molar-refractivity contribution in [2.24, 2.45) is 11.7 Å². The van der Waals surface area contributed by atoms with Crippen molar-refractivity contribution in [3.05, 3.63) is 57.3 Å². The van der Waals surface area contributed by atoms with E-state index in [0.29, 0.717) is 11.1 Å². The first kappa shape index (κ1) is 22.2. The van der Waals surface area contributed by atoms with Gasteiger partial charge in [0.15, 0.2) is 5.65 Å². The Morgan fingerprint density at radius 3 is 2.53 bits per heavy atom. The molecular formula is C24H25F2N5O3. The number of alkyl halides is 1. The Bertz CT molecular complexity index is 1340. The fraction of sp³-hybridized carbons (Fsp3) is 0.417. The molecule has 1 aliphatic heterocycles. The molecule has 0 unspecified atom stereocenters. The number of nitrogens with two attached hydrogens (primary N) is 1. The highest BCUT2D eigenvalue weighted by molar-refractivity contribution is 6.10. The Morgan fingerprint density at radius 2 is 1.88 bits per heavy atom. The minimum atomic E-state index is -0.930. The van der Waals surface area contributed by atoms with E-state index in [2.05, 4.69) is 10.1 Å². The third-order valence-electron chi connectivity index (χ3n) is 6.88. The van der Waals surface area contributed by atoms with Crippen LogP contribution in [0.3, 0.4) is 0 Å². The van der Waals surface area contributed by atoms with Gasteiger partial charge < -0.3 is 10.6 Å². The van der Waals surface area contributed by atoms with Gasteiger partial charge in [0.1, 0.15) is 17.1 Å². The molecule has 3 aromatic rings. The van der Waals surface area contributed by atoms with E-state index in [1.165, 1.54) is 23.5 Å². The number of benzene rings is 1. The Kier molecular flexibility index (Phi) is 5.66. The third-order valence-corrected chi connectivity index (χ3v) is 6.88. The summed E-state index contributed by atoms with van der Waals surface area (Å²) in [5, 5.41) is 2.55. The average Bonchev–Trinajstić information content (AvgIpc) is 3.19. The number of aromatic nitrogens is 3. The molecule has 0 bridgehead atoms. The quantitative estimate of drug-likeness (QED) is 0.598. The summed E-state index contributed by atoms with van der Waals surface area (Å²) in [5.41, 5.74) is 5.60. The molecular weight excluding hydrogens is 444 g/mol. The number of rotatable bonds is 5. The lowest BCUT2D eigenvalue weighted by molar-refractivity contribution is 0.0452. The van der Waals surface area contributed by atoms with Crippen LogP contribution in [0.25, 0.3) is 16.9 Å². The van der Waals surface area contributed by atoms with Gasteiger partial charge in [-0.15, -0.1) is 0 Å². The van der Waals surface area contributed by atoms with Gasteiger partial charge in [-0.3, -0.25) is 23.9 Å². The van der Waals surface area contributed by atoms with Crippen LogP contribution < -0.4 is 11.3 Å². The van der Waals surface area contributed by atoms with Crippen LogP contribution in [-0.4, -0.2) is 51.1 Å². The number of nitrogens with one attached hydrogen (secondary N) is 1. The van der Waals surface area contributed by atoms with Crippen LogP contribution in [0, 0.1) is 11.7 Å². The first-order valence-electron chi connectivity index (χ1n) is 11.5. The van der Waals surface area contributed by atoms with Gasteiger partial charge in [-0.25, -0.2) is 13.9 Å². The zero-order chi connectivity index (χ0) is 24.0. The van der Waals surface area contributed by atoms with Gasteiger partial charge in [-0.1, -0.05) is 31.4 Å². The summed E-state index contributed by atoms with van der Waals surface area (Å²) in [6.07, 6.45) is 5.23. The lowest BCUT2D eigenvalue weighted by Gasteiger charge is -2.37. The van der Waals surface area contributed by atoms with E-state index in [0.717, 1.165) is 30.2 Å². The van der Waals surface area contributed by atoms with Gasteiger partial charge in [0.05, 0.1) is 12.4 Å². The number of hydrogen-bond donors (Lipinski definition) is 2. The van der Waals surface area contributed by atoms with Crippen molar-refractivity contribution in [1.82, 2.24) is 19.5 Å². The number of carbonyl (C=O) groups excluding carboxylic acids is 2. The third kappa shape index (κ3) is 3.76. The van der Waals surface area contributed by atoms with E-state index < -0.39 is 24.0 Å². The molecule has 1 saturated carbocycles. The normalized spacial score (nSPS) is 17.2. The summed E-state index contributed by atoms with van der Waals surface area (Å²) in [6, 6.07) is 6.02. The number of halogens is 2. The molecule has 5 rings (SSSR count). The van der Waals surface area contributed by atoms with Gasteiger partial charge in [-0.2, -0.15) is 0 Å². The number of aromatic amines is 1. The molecule has 2 amide bonds. The minimum absolute atomic E-state index is 0.0817. The van der Waals surface area contributed by atoms with Crippen molar-refractivity contribution in [3.63, 3.8) is 0 Å². The number of fused-ring (bicyclic) bond motifs is 1. The van der Waals surface area contributed by atoms with Crippen LogP contribution in [0.4, 0.5) is 8.78 Å². The molecule has 1 saturated heterocycles. The summed E-state index contributed by atoms with van der Waals surface area (Å²) in [5.74, 6) is -1.93. The van der Waals surface area contributed by atoms with Crippen LogP contribution >= 0.6 is 0 Å². The van der Waals surface area contributed by atoms with Gasteiger partial charge in [-0.05, 0) is 30.4 Å². The maximum absolute atomic E-state index is 15.0. The van der Waals surface area contributed by atoms with Gasteiger partial charge in [0, 0.05) is 30.6 Å². The van der Waals surface area contributed by atoms with Crippen LogP contribution in [0.15, 0.2) is 29.1 Å². The zero-order valence-corrected chi connectivity index (χ0v) is 18.5. The molecule has 2 fully saturated rings. The predicted octanol–water partition coefficient (Wildman–Crippen LogP) is 3.02. The Balaban J connectivity index is 1.57. The van der Waals surface area contributed by atoms with Crippen molar-refractivity contribution in [2.45, 2.75) is 38.0 Å². The smallest absolute Gasteiger partial charge is 0.273 e. The van der Waals surface area contributed by atoms with E-state index in [-0.39, 0.29) is 53.3 Å². The van der Waals surface area contributed by atoms with Crippen LogP contribution in [-0.2, 0) is 0 Å². The predicted molar refractivity (Wildman–Crippen MR) is 121 cm³/mol. The largest absolute Gasteiger partial charge is 0.364 e. The number of H-pyrrole nitrogens is 1. The maximum atomic E-state index is 15.0. The Labute approximate surface area is 193 Å². The number of carbonyl (C=O) groups is 2. The molecule has 0 radical (unpaired) electrons. The second-order valence-corrected chi connectivity index (χ2v) is 9.17. The monoisotopic (exact) mass is 469 g/mol. The number of nitrogens with zero attached hydrogens (tertiary/aromatic N) is 3. The lowest BCUT2D eigenvalue weighted by atomic mass is 9.83. The summed E-state index contributed by atoms with van der Waals surface area (Å²) >= 11 is 0. The van der Waals surface area contributed by atoms with Crippen LogP contribution in [0.2, 0.25) is 0 Å². The molecule has 3 N–H and O–H groups in total. The van der Waals surface area contributed by atoms with Crippen molar-refractivity contribution < 1.29 is 18.4 Å². The van der Waals surface area contributed by atoms with E-state index >= 15 is 4.39 Å². The van der Waals surface area contributed by atoms with Crippen molar-refractivity contribution in [3.8, 4) is 11.3 Å². The van der Waals surface area contributed by atoms with E-state index in [9.17, 15) is 18.8 Å². The topological polar surface area (TPSA) is 114 Å². The zero-order valence-electron chi connectivity index (χ0n) is 18.5. The highest BCUT2D eigenvalue weighted by Gasteiger charge is 2.35. The van der Waals surface area contributed by atoms with Gasteiger partial charge in [0.2, 0.25) is 0 Å². The Hall–Kier alpha value is -3.56. The number of amides is 2. The molecule has 2 aromatic heterocycles. The molecule has 1 aromatic carbocycles. The Morgan fingerprint density at radius 1 is 1.15 bits per heavy atom. The first-order chi connectivity index (χ1) is 16.4. The van der Waals surface area contributed by atoms with Crippen molar-refractivity contribution in [2.75, 3.05) is 19.8 Å². The second-order valence-electron chi connectivity index (χ2n) is 9.17. The molecule has 10 heteroatoms. The average molecular weight is 469 g/mol. The second kappa shape index (κ2) is 8.66. The molecule has 178 valence electrons. The number of primary amides is 1. The van der Waals surface area contributed by atoms with Crippen LogP contribution in [0.5, 0.6) is 0 Å². The first-order valence-corrected chi connectivity index (χ1v) is 11.5. The molecule has 2 aliphatic rings. The fourth-order valence-corrected chi connectivity index (χ4v) is 4.99. The minimum Gasteiger partial charge on any atom is -0.364 e. The van der Waals surface area contributed by atoms with Gasteiger partial charge in [0.25, 0.3) is 17.4 Å². The van der Waals surface area contributed by atoms with Crippen molar-refractivity contribution in [1.29, 1.82) is 0 Å². The number of likely N-dealkylation sites (tertiary alicyclic amines) is 1. The fourth-order valence-electron chi connectivity index (χ4n) is 4.99. The maximum Gasteiger partial charge on any atom is 0.273 e. The molecule has 0 spiro atoms. The van der Waals surface area contributed by atoms with Crippen LogP contribution in [0.1, 0.15) is 64.4 Å². The van der Waals surface area contributed by atoms with E-state index in [1.54, 1.807) is 12.1 Å². The van der Waals surface area contributed by atoms with E-state index in [4.69, 9.17) is 5.73 Å². The molecule has 0 atom stereocenters. The van der Waals surface area contributed by atoms with E-state index in [1.807, 2.05) is 0 Å². The molecule has 8 nitrogen and oxygen atoms in total. The highest BCUT2D eigenvalue weighted by Crippen LogP contribution is 2.35. The number of hydrogen-bond acceptors (Lipinski definition) is 4. The standard InChI is InChI=1S/C24H25F2N5O3/c25-10-13-11-30(12-13)24(34)20-21(22(27)33)29-31-19(32)9-18(28-23(20)31)15-6-7-16(17(26)8-15)14-4-2-1-3-5-14/h6-9,13-14,29H,1-5,10-12H2,(H2,27,33). The SMILES string of the molecule is NC(=O)c1[nH]n2c(=O)cc(-c3ccc(C4CCCCC4)c(F)c3)nc2c1C(=O)N1CC(CF)C1. The lowest BCUT2D eigenvalue weighted by Crippen LogP contribution is -2.51. The summed E-state index contributed by atoms with van der Waals surface area (Å²) in [4.78, 5) is 43.7.